The number of hydrogen-bond donors (Lipinski definition) is 2. The highest BCUT2D eigenvalue weighted by Gasteiger charge is 2.32. The van der Waals surface area contributed by atoms with Crippen LogP contribution in [0.4, 0.5) is 5.69 Å². The molecule has 10 heteroatoms. The Balaban J connectivity index is 1.39. The molecule has 2 aliphatic heterocycles. The Labute approximate surface area is 226 Å². The van der Waals surface area contributed by atoms with Crippen LogP contribution in [0.25, 0.3) is 5.00 Å². The van der Waals surface area contributed by atoms with E-state index in [1.807, 2.05) is 49.4 Å². The van der Waals surface area contributed by atoms with E-state index in [9.17, 15) is 9.32 Å². The molecular formula is C27H26ClN5O2S2. The number of nitrogens with zero attached hydrogens (tertiary/aromatic N) is 4. The summed E-state index contributed by atoms with van der Waals surface area (Å²) < 4.78 is 14.0. The van der Waals surface area contributed by atoms with Gasteiger partial charge in [0.05, 0.1) is 5.71 Å². The lowest BCUT2D eigenvalue weighted by Gasteiger charge is -2.19. The largest absolute Gasteiger partial charge is 0.374 e. The average Bonchev–Trinajstić information content (AvgIpc) is 3.48. The number of benzene rings is 2. The molecule has 3 atom stereocenters. The minimum atomic E-state index is -0.880. The van der Waals surface area contributed by atoms with Crippen molar-refractivity contribution in [3.8, 4) is 5.00 Å². The summed E-state index contributed by atoms with van der Waals surface area (Å²) in [6, 6.07) is 13.2. The number of aryl methyl sites for hydroxylation is 2. The lowest BCUT2D eigenvalue weighted by molar-refractivity contribution is 0.182. The quantitative estimate of drug-likeness (QED) is 0.325. The Hall–Kier alpha value is -2.85. The molecule has 2 aromatic carbocycles. The van der Waals surface area contributed by atoms with Gasteiger partial charge in [-0.15, -0.1) is 21.5 Å². The summed E-state index contributed by atoms with van der Waals surface area (Å²) in [4.78, 5) is 6.42. The Bertz CT molecular complexity index is 1570. The molecule has 0 bridgehead atoms. The molecule has 190 valence electrons. The molecule has 0 saturated carbocycles. The summed E-state index contributed by atoms with van der Waals surface area (Å²) in [7, 11) is -0.847. The number of anilines is 1. The van der Waals surface area contributed by atoms with Crippen LogP contribution in [0.15, 0.2) is 47.5 Å². The maximum Gasteiger partial charge on any atom is 0.163 e. The number of halogens is 1. The molecular weight excluding hydrogens is 526 g/mol. The van der Waals surface area contributed by atoms with Crippen LogP contribution in [0.5, 0.6) is 0 Å². The average molecular weight is 552 g/mol. The maximum absolute atomic E-state index is 11.9. The highest BCUT2D eigenvalue weighted by Crippen LogP contribution is 2.40. The molecule has 6 rings (SSSR count). The van der Waals surface area contributed by atoms with Crippen molar-refractivity contribution < 1.29 is 9.32 Å². The number of aliphatic hydroxyl groups is 1. The standard InChI is InChI=1S/C27H26ClN5O2S2/c1-14-15(2)36-27-24(14)25(17-4-7-20(28)8-5-17)30-22(26-32-31-16(3)33(26)27)11-23(34)29-21-9-6-18-12-37(35)13-19(18)10-21/h4-10,22-23,29,34H,11-13H2,1-3H3/t22-,23?,37?/m0/s1. The molecule has 2 aliphatic rings. The number of aliphatic imine (C=N–C) groups is 1. The summed E-state index contributed by atoms with van der Waals surface area (Å²) in [5, 5.41) is 24.9. The Morgan fingerprint density at radius 2 is 1.89 bits per heavy atom. The molecule has 0 aliphatic carbocycles. The van der Waals surface area contributed by atoms with Crippen LogP contribution in [0.1, 0.15) is 56.8 Å². The van der Waals surface area contributed by atoms with Crippen LogP contribution >= 0.6 is 22.9 Å². The molecule has 7 nitrogen and oxygen atoms in total. The number of aliphatic hydroxyl groups excluding tert-OH is 1. The second kappa shape index (κ2) is 9.47. The lowest BCUT2D eigenvalue weighted by Crippen LogP contribution is -2.22. The van der Waals surface area contributed by atoms with Gasteiger partial charge < -0.3 is 10.4 Å². The van der Waals surface area contributed by atoms with Gasteiger partial charge in [0.1, 0.15) is 23.1 Å². The topological polar surface area (TPSA) is 92.4 Å². The normalized spacial score (nSPS) is 19.0. The molecule has 0 fully saturated rings. The first-order valence-corrected chi connectivity index (χ1v) is 14.7. The summed E-state index contributed by atoms with van der Waals surface area (Å²) in [5.74, 6) is 2.64. The van der Waals surface area contributed by atoms with Crippen LogP contribution in [0.2, 0.25) is 5.02 Å². The van der Waals surface area contributed by atoms with Gasteiger partial charge in [0.25, 0.3) is 0 Å². The highest BCUT2D eigenvalue weighted by atomic mass is 35.5. The molecule has 0 saturated heterocycles. The monoisotopic (exact) mass is 551 g/mol. The fraction of sp³-hybridized carbons (Fsp3) is 0.296. The van der Waals surface area contributed by atoms with Crippen LogP contribution in [0, 0.1) is 20.8 Å². The Morgan fingerprint density at radius 3 is 2.68 bits per heavy atom. The van der Waals surface area contributed by atoms with Gasteiger partial charge in [-0.1, -0.05) is 29.8 Å². The van der Waals surface area contributed by atoms with E-state index in [1.165, 1.54) is 10.4 Å². The van der Waals surface area contributed by atoms with Gasteiger partial charge in [0.2, 0.25) is 0 Å². The number of thiophene rings is 1. The van der Waals surface area contributed by atoms with Gasteiger partial charge in [-0.25, -0.2) is 0 Å². The summed E-state index contributed by atoms with van der Waals surface area (Å²) in [6.45, 7) is 6.18. The second-order valence-corrected chi connectivity index (χ2v) is 12.6. The summed E-state index contributed by atoms with van der Waals surface area (Å²) >= 11 is 7.90. The van der Waals surface area contributed by atoms with E-state index in [0.29, 0.717) is 28.8 Å². The minimum absolute atomic E-state index is 0.297. The first kappa shape index (κ1) is 24.5. The van der Waals surface area contributed by atoms with E-state index in [2.05, 4.69) is 33.9 Å². The van der Waals surface area contributed by atoms with Crippen LogP contribution in [0.3, 0.4) is 0 Å². The van der Waals surface area contributed by atoms with E-state index in [4.69, 9.17) is 16.6 Å². The molecule has 4 heterocycles. The number of rotatable bonds is 5. The van der Waals surface area contributed by atoms with Gasteiger partial charge in [0.15, 0.2) is 5.82 Å². The highest BCUT2D eigenvalue weighted by molar-refractivity contribution is 7.83. The Morgan fingerprint density at radius 1 is 1.14 bits per heavy atom. The van der Waals surface area contributed by atoms with Crippen molar-refractivity contribution in [2.45, 2.75) is 51.0 Å². The van der Waals surface area contributed by atoms with Gasteiger partial charge >= 0.3 is 0 Å². The fourth-order valence-corrected chi connectivity index (χ4v) is 7.69. The first-order valence-electron chi connectivity index (χ1n) is 12.1. The number of hydrogen-bond acceptors (Lipinski definition) is 7. The smallest absolute Gasteiger partial charge is 0.163 e. The fourth-order valence-electron chi connectivity index (χ4n) is 5.01. The van der Waals surface area contributed by atoms with E-state index < -0.39 is 23.1 Å². The van der Waals surface area contributed by atoms with Gasteiger partial charge in [-0.3, -0.25) is 13.8 Å². The molecule has 2 N–H and O–H groups in total. The summed E-state index contributed by atoms with van der Waals surface area (Å²) in [5.41, 5.74) is 7.02. The zero-order valence-corrected chi connectivity index (χ0v) is 23.0. The number of aromatic nitrogens is 3. The lowest BCUT2D eigenvalue weighted by atomic mass is 9.99. The molecule has 0 amide bonds. The van der Waals surface area contributed by atoms with Gasteiger partial charge in [-0.2, -0.15) is 0 Å². The molecule has 0 radical (unpaired) electrons. The Kier molecular flexibility index (Phi) is 6.27. The maximum atomic E-state index is 11.9. The summed E-state index contributed by atoms with van der Waals surface area (Å²) in [6.07, 6.45) is -0.583. The third-order valence-corrected chi connectivity index (χ3v) is 9.69. The predicted molar refractivity (Wildman–Crippen MR) is 150 cm³/mol. The SMILES string of the molecule is Cc1sc2c(c1C)C(c1ccc(Cl)cc1)=N[C@@H](CC(O)Nc1ccc3c(c1)CS(=O)C3)c1nnc(C)n1-2. The molecule has 37 heavy (non-hydrogen) atoms. The minimum Gasteiger partial charge on any atom is -0.374 e. The van der Waals surface area contributed by atoms with Crippen molar-refractivity contribution in [3.05, 3.63) is 91.8 Å². The van der Waals surface area contributed by atoms with Crippen molar-refractivity contribution in [1.82, 2.24) is 14.8 Å². The van der Waals surface area contributed by atoms with Crippen molar-refractivity contribution >= 4 is 45.1 Å². The van der Waals surface area contributed by atoms with Crippen molar-refractivity contribution in [1.29, 1.82) is 0 Å². The zero-order valence-electron chi connectivity index (χ0n) is 20.7. The molecule has 2 aromatic heterocycles. The van der Waals surface area contributed by atoms with E-state index in [1.54, 1.807) is 11.3 Å². The van der Waals surface area contributed by atoms with Crippen molar-refractivity contribution in [3.63, 3.8) is 0 Å². The van der Waals surface area contributed by atoms with E-state index >= 15 is 0 Å². The van der Waals surface area contributed by atoms with Crippen LogP contribution in [-0.4, -0.2) is 36.0 Å². The predicted octanol–water partition coefficient (Wildman–Crippen LogP) is 5.38. The molecule has 2 unspecified atom stereocenters. The number of fused-ring (bicyclic) bond motifs is 4. The van der Waals surface area contributed by atoms with Gasteiger partial charge in [-0.05, 0) is 61.7 Å². The number of nitrogens with one attached hydrogen (secondary N) is 1. The zero-order chi connectivity index (χ0) is 25.8. The van der Waals surface area contributed by atoms with Crippen molar-refractivity contribution in [2.24, 2.45) is 4.99 Å². The third kappa shape index (κ3) is 4.44. The molecule has 4 aromatic rings. The van der Waals surface area contributed by atoms with Crippen molar-refractivity contribution in [2.75, 3.05) is 5.32 Å². The molecule has 0 spiro atoms. The van der Waals surface area contributed by atoms with Crippen LogP contribution < -0.4 is 5.32 Å². The second-order valence-electron chi connectivity index (χ2n) is 9.51. The van der Waals surface area contributed by atoms with E-state index in [-0.39, 0.29) is 0 Å². The van der Waals surface area contributed by atoms with E-state index in [0.717, 1.165) is 44.5 Å². The third-order valence-electron chi connectivity index (χ3n) is 6.98. The first-order chi connectivity index (χ1) is 17.8. The van der Waals surface area contributed by atoms with Crippen LogP contribution in [-0.2, 0) is 22.3 Å². The van der Waals surface area contributed by atoms with Gasteiger partial charge in [0, 0.05) is 55.4 Å².